The van der Waals surface area contributed by atoms with E-state index >= 15 is 0 Å². The summed E-state index contributed by atoms with van der Waals surface area (Å²) in [6.45, 7) is 15.3. The minimum Gasteiger partial charge on any atom is -0.291 e. The molecule has 0 aliphatic rings. The zero-order valence-corrected chi connectivity index (χ0v) is 10.8. The molecular weight excluding hydrogens is 170 g/mol. The first-order chi connectivity index (χ1) is 6.40. The van der Waals surface area contributed by atoms with Crippen molar-refractivity contribution in [2.24, 2.45) is 10.9 Å². The molecule has 0 saturated heterocycles. The Kier molecular flexibility index (Phi) is 5.75. The van der Waals surface area contributed by atoms with Crippen LogP contribution in [0.1, 0.15) is 54.9 Å². The Morgan fingerprint density at radius 1 is 1.07 bits per heavy atom. The number of hydrogen-bond donors (Lipinski definition) is 0. The predicted molar refractivity (Wildman–Crippen MR) is 66.1 cm³/mol. The maximum absolute atomic E-state index is 4.68. The molecule has 2 unspecified atom stereocenters. The van der Waals surface area contributed by atoms with Gasteiger partial charge in [-0.15, -0.1) is 0 Å². The minimum absolute atomic E-state index is 0.407. The van der Waals surface area contributed by atoms with Gasteiger partial charge in [-0.25, -0.2) is 0 Å². The first-order valence-corrected chi connectivity index (χ1v) is 5.57. The van der Waals surface area contributed by atoms with Gasteiger partial charge in [0.2, 0.25) is 0 Å². The average molecular weight is 195 g/mol. The monoisotopic (exact) mass is 195 g/mol. The summed E-state index contributed by atoms with van der Waals surface area (Å²) >= 11 is 0. The molecule has 0 aliphatic carbocycles. The van der Waals surface area contributed by atoms with Crippen LogP contribution >= 0.6 is 0 Å². The highest BCUT2D eigenvalue weighted by Gasteiger charge is 2.13. The van der Waals surface area contributed by atoms with Crippen LogP contribution in [0.25, 0.3) is 0 Å². The Bertz CT molecular complexity index is 232. The highest BCUT2D eigenvalue weighted by molar-refractivity contribution is 5.81. The van der Waals surface area contributed by atoms with Gasteiger partial charge in [0.05, 0.1) is 6.04 Å². The summed E-state index contributed by atoms with van der Waals surface area (Å²) in [5.41, 5.74) is 4.16. The van der Waals surface area contributed by atoms with E-state index in [9.17, 15) is 0 Å². The van der Waals surface area contributed by atoms with Crippen molar-refractivity contribution in [1.82, 2.24) is 0 Å². The third kappa shape index (κ3) is 4.08. The lowest BCUT2D eigenvalue weighted by atomic mass is 9.92. The zero-order valence-electron chi connectivity index (χ0n) is 10.8. The van der Waals surface area contributed by atoms with E-state index in [4.69, 9.17) is 0 Å². The fourth-order valence-electron chi connectivity index (χ4n) is 1.37. The molecule has 0 saturated carbocycles. The van der Waals surface area contributed by atoms with E-state index < -0.39 is 0 Å². The lowest BCUT2D eigenvalue weighted by Gasteiger charge is -2.19. The molecule has 2 atom stereocenters. The first kappa shape index (κ1) is 13.4. The van der Waals surface area contributed by atoms with Gasteiger partial charge in [-0.05, 0) is 47.0 Å². The first-order valence-electron chi connectivity index (χ1n) is 5.57. The number of hydrogen-bond acceptors (Lipinski definition) is 1. The molecule has 0 bridgehead atoms. The molecule has 1 heteroatoms. The van der Waals surface area contributed by atoms with Gasteiger partial charge in [-0.2, -0.15) is 0 Å². The highest BCUT2D eigenvalue weighted by atomic mass is 14.8. The Hall–Kier alpha value is -0.590. The quantitative estimate of drug-likeness (QED) is 0.470. The number of nitrogens with zero attached hydrogens (tertiary/aromatic N) is 1. The van der Waals surface area contributed by atoms with Gasteiger partial charge in [0, 0.05) is 5.71 Å². The van der Waals surface area contributed by atoms with Gasteiger partial charge >= 0.3 is 0 Å². The van der Waals surface area contributed by atoms with Crippen LogP contribution in [0, 0.1) is 5.92 Å². The van der Waals surface area contributed by atoms with Crippen molar-refractivity contribution in [1.29, 1.82) is 0 Å². The lowest BCUT2D eigenvalue weighted by molar-refractivity contribution is 0.550. The average Bonchev–Trinajstić information content (AvgIpc) is 2.14. The van der Waals surface area contributed by atoms with E-state index in [1.807, 2.05) is 0 Å². The maximum Gasteiger partial charge on any atom is 0.0533 e. The van der Waals surface area contributed by atoms with Crippen LogP contribution in [-0.4, -0.2) is 11.8 Å². The van der Waals surface area contributed by atoms with Crippen LogP contribution in [0.15, 0.2) is 16.1 Å². The van der Waals surface area contributed by atoms with Crippen molar-refractivity contribution in [2.45, 2.75) is 60.9 Å². The van der Waals surface area contributed by atoms with Gasteiger partial charge < -0.3 is 0 Å². The van der Waals surface area contributed by atoms with Crippen LogP contribution in [0.4, 0.5) is 0 Å². The Labute approximate surface area is 89.3 Å². The number of aliphatic imine (C=N–C) groups is 1. The fraction of sp³-hybridized carbons (Fsp3) is 0.769. The molecule has 0 amide bonds. The van der Waals surface area contributed by atoms with Crippen molar-refractivity contribution >= 4 is 5.71 Å². The van der Waals surface area contributed by atoms with E-state index in [0.29, 0.717) is 12.0 Å². The van der Waals surface area contributed by atoms with E-state index in [1.165, 1.54) is 16.9 Å². The lowest BCUT2D eigenvalue weighted by Crippen LogP contribution is -2.15. The topological polar surface area (TPSA) is 12.4 Å². The Morgan fingerprint density at radius 2 is 1.57 bits per heavy atom. The van der Waals surface area contributed by atoms with Crippen molar-refractivity contribution in [2.75, 3.05) is 0 Å². The molecule has 0 aliphatic heterocycles. The van der Waals surface area contributed by atoms with Crippen molar-refractivity contribution in [3.63, 3.8) is 0 Å². The van der Waals surface area contributed by atoms with Crippen LogP contribution in [0.2, 0.25) is 0 Å². The molecule has 0 heterocycles. The largest absolute Gasteiger partial charge is 0.291 e. The highest BCUT2D eigenvalue weighted by Crippen LogP contribution is 2.20. The van der Waals surface area contributed by atoms with E-state index in [0.717, 1.165) is 6.42 Å². The standard InChI is InChI=1S/C13H25N/c1-8-10(4)14-13(7)12(6)11(5)9(2)3/h12-13H,8H2,1-7H3. The molecule has 1 nitrogen and oxygen atoms in total. The van der Waals surface area contributed by atoms with E-state index in [-0.39, 0.29) is 0 Å². The molecule has 0 aromatic carbocycles. The van der Waals surface area contributed by atoms with Crippen LogP contribution in [0.3, 0.4) is 0 Å². The molecule has 0 spiro atoms. The van der Waals surface area contributed by atoms with Crippen LogP contribution in [0.5, 0.6) is 0 Å². The van der Waals surface area contributed by atoms with Gasteiger partial charge in [-0.3, -0.25) is 4.99 Å². The maximum atomic E-state index is 4.68. The fourth-order valence-corrected chi connectivity index (χ4v) is 1.37. The normalized spacial score (nSPS) is 16.4. The second-order valence-corrected chi connectivity index (χ2v) is 4.43. The second-order valence-electron chi connectivity index (χ2n) is 4.43. The van der Waals surface area contributed by atoms with Gasteiger partial charge in [0.1, 0.15) is 0 Å². The van der Waals surface area contributed by atoms with Crippen molar-refractivity contribution < 1.29 is 0 Å². The SMILES string of the molecule is CCC(C)=NC(C)C(C)C(C)=C(C)C. The second kappa shape index (κ2) is 6.00. The molecular formula is C13H25N. The summed E-state index contributed by atoms with van der Waals surface area (Å²) < 4.78 is 0. The summed E-state index contributed by atoms with van der Waals surface area (Å²) in [7, 11) is 0. The van der Waals surface area contributed by atoms with Crippen LogP contribution < -0.4 is 0 Å². The number of allylic oxidation sites excluding steroid dienone is 1. The molecule has 0 aromatic rings. The Morgan fingerprint density at radius 3 is 1.93 bits per heavy atom. The summed E-state index contributed by atoms with van der Waals surface area (Å²) in [5, 5.41) is 0. The minimum atomic E-state index is 0.407. The number of rotatable bonds is 4. The van der Waals surface area contributed by atoms with Gasteiger partial charge in [-0.1, -0.05) is 25.0 Å². The van der Waals surface area contributed by atoms with Crippen LogP contribution in [-0.2, 0) is 0 Å². The van der Waals surface area contributed by atoms with E-state index in [2.05, 4.69) is 53.5 Å². The third-order valence-electron chi connectivity index (χ3n) is 3.13. The third-order valence-corrected chi connectivity index (χ3v) is 3.13. The zero-order chi connectivity index (χ0) is 11.3. The molecule has 0 radical (unpaired) electrons. The summed E-state index contributed by atoms with van der Waals surface area (Å²) in [5.74, 6) is 0.557. The van der Waals surface area contributed by atoms with E-state index in [1.54, 1.807) is 0 Å². The smallest absolute Gasteiger partial charge is 0.0533 e. The predicted octanol–water partition coefficient (Wildman–Crippen LogP) is 4.24. The molecule has 82 valence electrons. The molecule has 0 N–H and O–H groups in total. The molecule has 14 heavy (non-hydrogen) atoms. The summed E-state index contributed by atoms with van der Waals surface area (Å²) in [6, 6.07) is 0.407. The summed E-state index contributed by atoms with van der Waals surface area (Å²) in [4.78, 5) is 4.68. The molecule has 0 aromatic heterocycles. The van der Waals surface area contributed by atoms with Gasteiger partial charge in [0.15, 0.2) is 0 Å². The van der Waals surface area contributed by atoms with Gasteiger partial charge in [0.25, 0.3) is 0 Å². The molecule has 0 rings (SSSR count). The summed E-state index contributed by atoms with van der Waals surface area (Å²) in [6.07, 6.45) is 1.06. The molecule has 0 fully saturated rings. The van der Waals surface area contributed by atoms with Crippen molar-refractivity contribution in [3.8, 4) is 0 Å². The Balaban J connectivity index is 4.56. The van der Waals surface area contributed by atoms with Crippen molar-refractivity contribution in [3.05, 3.63) is 11.1 Å².